The van der Waals surface area contributed by atoms with Gasteiger partial charge >= 0.3 is 0 Å². The van der Waals surface area contributed by atoms with Gasteiger partial charge in [-0.25, -0.2) is 8.42 Å². The lowest BCUT2D eigenvalue weighted by molar-refractivity contribution is -0.141. The molecule has 0 radical (unpaired) electrons. The van der Waals surface area contributed by atoms with Gasteiger partial charge in [-0.3, -0.25) is 9.59 Å². The molecule has 0 saturated carbocycles. The molecule has 1 aliphatic heterocycles. The lowest BCUT2D eigenvalue weighted by Gasteiger charge is -2.33. The molecule has 0 aliphatic carbocycles. The molecule has 0 bridgehead atoms. The van der Waals surface area contributed by atoms with Gasteiger partial charge in [-0.2, -0.15) is 4.31 Å². The molecule has 2 atom stereocenters. The Morgan fingerprint density at radius 2 is 1.82 bits per heavy atom. The van der Waals surface area contributed by atoms with Gasteiger partial charge in [0.05, 0.1) is 18.9 Å². The summed E-state index contributed by atoms with van der Waals surface area (Å²) in [5.41, 5.74) is 1.38. The summed E-state index contributed by atoms with van der Waals surface area (Å²) in [5.74, 6) is -0.852. The summed E-state index contributed by atoms with van der Waals surface area (Å²) in [6.45, 7) is 0.714. The van der Waals surface area contributed by atoms with Crippen LogP contribution in [-0.4, -0.2) is 68.5 Å². The van der Waals surface area contributed by atoms with E-state index in [0.717, 1.165) is 29.0 Å². The minimum atomic E-state index is -3.59. The number of sulfonamides is 1. The van der Waals surface area contributed by atoms with Crippen LogP contribution in [0.4, 0.5) is 0 Å². The summed E-state index contributed by atoms with van der Waals surface area (Å²) in [7, 11) is -2.25. The first-order valence-electron chi connectivity index (χ1n) is 11.0. The third kappa shape index (κ3) is 7.27. The molecule has 3 rings (SSSR count). The van der Waals surface area contributed by atoms with E-state index in [0.29, 0.717) is 23.7 Å². The van der Waals surface area contributed by atoms with Crippen LogP contribution in [0.25, 0.3) is 0 Å². The van der Waals surface area contributed by atoms with Crippen molar-refractivity contribution in [2.45, 2.75) is 31.5 Å². The van der Waals surface area contributed by atoms with E-state index in [1.54, 1.807) is 48.5 Å². The summed E-state index contributed by atoms with van der Waals surface area (Å²) in [6.07, 6.45) is 2.79. The summed E-state index contributed by atoms with van der Waals surface area (Å²) < 4.78 is 30.5. The molecule has 1 saturated heterocycles. The van der Waals surface area contributed by atoms with Crippen molar-refractivity contribution in [1.29, 1.82) is 0 Å². The van der Waals surface area contributed by atoms with Crippen molar-refractivity contribution >= 4 is 33.4 Å². The largest absolute Gasteiger partial charge is 0.376 e. The molecule has 2 aromatic rings. The van der Waals surface area contributed by atoms with Crippen LogP contribution < -0.4 is 5.32 Å². The number of halogens is 1. The number of nitrogens with one attached hydrogen (secondary N) is 1. The van der Waals surface area contributed by atoms with Crippen LogP contribution in [0.3, 0.4) is 0 Å². The maximum absolute atomic E-state index is 13.5. The number of rotatable bonds is 10. The predicted octanol–water partition coefficient (Wildman–Crippen LogP) is 2.60. The molecule has 10 heteroatoms. The molecule has 0 aromatic heterocycles. The molecule has 1 fully saturated rings. The van der Waals surface area contributed by atoms with Crippen LogP contribution in [0, 0.1) is 0 Å². The maximum Gasteiger partial charge on any atom is 0.247 e. The van der Waals surface area contributed by atoms with E-state index in [2.05, 4.69) is 5.32 Å². The SMILES string of the molecule is CN(CC(=O)N(Cc1ccc(Cl)cc1)[C@H](C(=O)NC[C@H]1CCCO1)c1ccccc1)S(C)(=O)=O. The molecular weight excluding hydrogens is 478 g/mol. The Labute approximate surface area is 205 Å². The van der Waals surface area contributed by atoms with Crippen molar-refractivity contribution in [1.82, 2.24) is 14.5 Å². The highest BCUT2D eigenvalue weighted by molar-refractivity contribution is 7.88. The lowest BCUT2D eigenvalue weighted by atomic mass is 10.0. The van der Waals surface area contributed by atoms with Gasteiger partial charge in [0.2, 0.25) is 21.8 Å². The van der Waals surface area contributed by atoms with Crippen molar-refractivity contribution in [2.75, 3.05) is 33.0 Å². The van der Waals surface area contributed by atoms with Crippen LogP contribution in [0.5, 0.6) is 0 Å². The Kier molecular flexibility index (Phi) is 9.07. The normalized spacial score (nSPS) is 16.9. The quantitative estimate of drug-likeness (QED) is 0.533. The number of ether oxygens (including phenoxy) is 1. The number of likely N-dealkylation sites (N-methyl/N-ethyl adjacent to an activating group) is 1. The van der Waals surface area contributed by atoms with Crippen molar-refractivity contribution in [3.05, 3.63) is 70.7 Å². The van der Waals surface area contributed by atoms with Crippen molar-refractivity contribution in [3.8, 4) is 0 Å². The Morgan fingerprint density at radius 1 is 1.15 bits per heavy atom. The zero-order valence-corrected chi connectivity index (χ0v) is 20.9. The van der Waals surface area contributed by atoms with Crippen LogP contribution in [-0.2, 0) is 30.9 Å². The molecule has 0 unspecified atom stereocenters. The van der Waals surface area contributed by atoms with Crippen LogP contribution >= 0.6 is 11.6 Å². The van der Waals surface area contributed by atoms with Gasteiger partial charge in [-0.15, -0.1) is 0 Å². The maximum atomic E-state index is 13.5. The number of amides is 2. The molecule has 1 aliphatic rings. The summed E-state index contributed by atoms with van der Waals surface area (Å²) in [6, 6.07) is 15.0. The van der Waals surface area contributed by atoms with Gasteiger partial charge in [-0.1, -0.05) is 54.1 Å². The van der Waals surface area contributed by atoms with Crippen molar-refractivity contribution < 1.29 is 22.7 Å². The van der Waals surface area contributed by atoms with Gasteiger partial charge in [0.25, 0.3) is 0 Å². The van der Waals surface area contributed by atoms with E-state index >= 15 is 0 Å². The van der Waals surface area contributed by atoms with E-state index in [1.165, 1.54) is 11.9 Å². The fraction of sp³-hybridized carbons (Fsp3) is 0.417. The fourth-order valence-electron chi connectivity index (χ4n) is 3.73. The second kappa shape index (κ2) is 11.8. The number of nitrogens with zero attached hydrogens (tertiary/aromatic N) is 2. The van der Waals surface area contributed by atoms with Gasteiger partial charge in [0, 0.05) is 31.8 Å². The fourth-order valence-corrected chi connectivity index (χ4v) is 4.20. The van der Waals surface area contributed by atoms with E-state index in [1.807, 2.05) is 6.07 Å². The Hall–Kier alpha value is -2.46. The monoisotopic (exact) mass is 507 g/mol. The zero-order chi connectivity index (χ0) is 24.7. The first-order valence-corrected chi connectivity index (χ1v) is 13.3. The third-order valence-corrected chi connectivity index (χ3v) is 7.23. The molecule has 34 heavy (non-hydrogen) atoms. The van der Waals surface area contributed by atoms with E-state index in [9.17, 15) is 18.0 Å². The minimum Gasteiger partial charge on any atom is -0.376 e. The molecule has 2 amide bonds. The Bertz CT molecular complexity index is 1070. The predicted molar refractivity (Wildman–Crippen MR) is 131 cm³/mol. The summed E-state index contributed by atoms with van der Waals surface area (Å²) in [4.78, 5) is 28.3. The molecular formula is C24H30ClN3O5S. The minimum absolute atomic E-state index is 0.0582. The molecule has 1 N–H and O–H groups in total. The van der Waals surface area contributed by atoms with Gasteiger partial charge < -0.3 is 15.0 Å². The third-order valence-electron chi connectivity index (χ3n) is 5.71. The second-order valence-corrected chi connectivity index (χ2v) is 10.9. The average molecular weight is 508 g/mol. The Morgan fingerprint density at radius 3 is 2.41 bits per heavy atom. The topological polar surface area (TPSA) is 96.0 Å². The molecule has 0 spiro atoms. The highest BCUT2D eigenvalue weighted by Crippen LogP contribution is 2.25. The highest BCUT2D eigenvalue weighted by atomic mass is 35.5. The first-order chi connectivity index (χ1) is 16.1. The number of benzene rings is 2. The Balaban J connectivity index is 1.93. The first kappa shape index (κ1) is 26.2. The summed E-state index contributed by atoms with van der Waals surface area (Å²) >= 11 is 6.01. The van der Waals surface area contributed by atoms with Crippen LogP contribution in [0.2, 0.25) is 5.02 Å². The van der Waals surface area contributed by atoms with E-state index in [-0.39, 0.29) is 18.6 Å². The number of hydrogen-bond acceptors (Lipinski definition) is 5. The molecule has 1 heterocycles. The van der Waals surface area contributed by atoms with E-state index < -0.39 is 28.5 Å². The average Bonchev–Trinajstić information content (AvgIpc) is 3.32. The molecule has 8 nitrogen and oxygen atoms in total. The van der Waals surface area contributed by atoms with Crippen LogP contribution in [0.15, 0.2) is 54.6 Å². The van der Waals surface area contributed by atoms with Gasteiger partial charge in [-0.05, 0) is 36.1 Å². The number of carbonyl (C=O) groups is 2. The highest BCUT2D eigenvalue weighted by Gasteiger charge is 2.33. The number of hydrogen-bond donors (Lipinski definition) is 1. The lowest BCUT2D eigenvalue weighted by Crippen LogP contribution is -2.48. The molecule has 184 valence electrons. The van der Waals surface area contributed by atoms with Gasteiger partial charge in [0.1, 0.15) is 6.04 Å². The molecule has 2 aromatic carbocycles. The standard InChI is InChI=1S/C24H30ClN3O5S/c1-27(34(2,31)32)17-22(29)28(16-18-10-12-20(25)13-11-18)23(19-7-4-3-5-8-19)24(30)26-15-21-9-6-14-33-21/h3-5,7-8,10-13,21,23H,6,9,14-17H2,1-2H3,(H,26,30)/t21-,23+/m1/s1. The van der Waals surface area contributed by atoms with E-state index in [4.69, 9.17) is 16.3 Å². The van der Waals surface area contributed by atoms with Crippen molar-refractivity contribution in [2.24, 2.45) is 0 Å². The van der Waals surface area contributed by atoms with Crippen molar-refractivity contribution in [3.63, 3.8) is 0 Å². The van der Waals surface area contributed by atoms with Crippen LogP contribution in [0.1, 0.15) is 30.0 Å². The summed E-state index contributed by atoms with van der Waals surface area (Å²) in [5, 5.41) is 3.47. The zero-order valence-electron chi connectivity index (χ0n) is 19.3. The second-order valence-electron chi connectivity index (χ2n) is 8.36. The number of carbonyl (C=O) groups excluding carboxylic acids is 2. The smallest absolute Gasteiger partial charge is 0.247 e. The van der Waals surface area contributed by atoms with Gasteiger partial charge in [0.15, 0.2) is 0 Å².